The molecule has 9 nitrogen and oxygen atoms in total. The van der Waals surface area contributed by atoms with Gasteiger partial charge in [0, 0.05) is 21.8 Å². The lowest BCUT2D eigenvalue weighted by molar-refractivity contribution is 0.375. The van der Waals surface area contributed by atoms with Gasteiger partial charge < -0.3 is 24.5 Å². The molecule has 5 rings (SSSR count). The Morgan fingerprint density at radius 1 is 0.676 bits per heavy atom. The summed E-state index contributed by atoms with van der Waals surface area (Å²) in [6.07, 6.45) is 0. The van der Waals surface area contributed by atoms with Crippen molar-refractivity contribution in [3.05, 3.63) is 90.5 Å². The highest BCUT2D eigenvalue weighted by atomic mass is 32.3. The number of nitrogens with zero attached hydrogens (tertiary/aromatic N) is 4. The lowest BCUT2D eigenvalue weighted by atomic mass is 10.0. The lowest BCUT2D eigenvalue weighted by Crippen LogP contribution is -1.97. The molecular formula is C27H23N5O4S. The van der Waals surface area contributed by atoms with Crippen LogP contribution in [-0.2, 0) is 0 Å². The molecule has 186 valence electrons. The first-order valence-corrected chi connectivity index (χ1v) is 12.7. The van der Waals surface area contributed by atoms with Gasteiger partial charge in [0.25, 0.3) is 0 Å². The number of aryl methyl sites for hydroxylation is 1. The number of nitrogen functional groups attached to an aromatic ring is 1. The van der Waals surface area contributed by atoms with Crippen LogP contribution in [0, 0.1) is 6.92 Å². The summed E-state index contributed by atoms with van der Waals surface area (Å²) in [6, 6.07) is 24.7. The van der Waals surface area contributed by atoms with Crippen molar-refractivity contribution < 1.29 is 18.8 Å². The smallest absolute Gasteiger partial charge is 0.152 e. The number of phenolic OH excluding ortho intramolecular Hbond substituents is 1. The van der Waals surface area contributed by atoms with Gasteiger partial charge in [0.1, 0.15) is 16.6 Å². The van der Waals surface area contributed by atoms with E-state index in [1.165, 1.54) is 12.1 Å². The second kappa shape index (κ2) is 9.60. The van der Waals surface area contributed by atoms with Gasteiger partial charge in [-0.25, -0.2) is 0 Å². The molecule has 0 saturated heterocycles. The molecule has 0 aliphatic heterocycles. The van der Waals surface area contributed by atoms with Gasteiger partial charge in [0.2, 0.25) is 0 Å². The van der Waals surface area contributed by atoms with Crippen molar-refractivity contribution in [3.8, 4) is 5.75 Å². The molecule has 0 heterocycles. The van der Waals surface area contributed by atoms with Crippen LogP contribution in [0.25, 0.3) is 21.5 Å². The van der Waals surface area contributed by atoms with E-state index in [-0.39, 0.29) is 16.3 Å². The highest BCUT2D eigenvalue weighted by Crippen LogP contribution is 2.54. The molecular weight excluding hydrogens is 490 g/mol. The molecule has 0 aliphatic rings. The number of anilines is 1. The van der Waals surface area contributed by atoms with E-state index in [9.17, 15) is 18.8 Å². The fraction of sp³-hybridized carbons (Fsp3) is 0.0370. The number of benzene rings is 5. The zero-order valence-electron chi connectivity index (χ0n) is 19.6. The van der Waals surface area contributed by atoms with Gasteiger partial charge in [-0.15, -0.1) is 15.3 Å². The van der Waals surface area contributed by atoms with E-state index in [1.54, 1.807) is 24.3 Å². The Bertz CT molecular complexity index is 1700. The summed E-state index contributed by atoms with van der Waals surface area (Å²) in [4.78, 5) is -0.347. The maximum atomic E-state index is 10.9. The molecule has 5 aromatic carbocycles. The first kappa shape index (κ1) is 24.3. The average molecular weight is 514 g/mol. The zero-order chi connectivity index (χ0) is 26.2. The Balaban J connectivity index is 1.64. The van der Waals surface area contributed by atoms with Crippen LogP contribution in [0.3, 0.4) is 0 Å². The van der Waals surface area contributed by atoms with E-state index >= 15 is 0 Å². The first-order valence-electron chi connectivity index (χ1n) is 11.2. The summed E-state index contributed by atoms with van der Waals surface area (Å²) in [5.41, 5.74) is 8.77. The average Bonchev–Trinajstić information content (AvgIpc) is 2.87. The number of azo groups is 2. The summed E-state index contributed by atoms with van der Waals surface area (Å²) >= 11 is 0. The third kappa shape index (κ3) is 4.99. The number of nitrogens with two attached hydrogens (primary N) is 1. The minimum Gasteiger partial charge on any atom is -0.505 e. The van der Waals surface area contributed by atoms with Crippen molar-refractivity contribution in [1.82, 2.24) is 0 Å². The van der Waals surface area contributed by atoms with Crippen LogP contribution in [-0.4, -0.2) is 18.8 Å². The fourth-order valence-corrected chi connectivity index (χ4v) is 4.66. The van der Waals surface area contributed by atoms with E-state index in [0.717, 1.165) is 22.0 Å². The highest BCUT2D eigenvalue weighted by Gasteiger charge is 2.25. The molecule has 37 heavy (non-hydrogen) atoms. The van der Waals surface area contributed by atoms with Crippen molar-refractivity contribution in [2.24, 2.45) is 20.5 Å². The maximum Gasteiger partial charge on any atom is 0.152 e. The fourth-order valence-electron chi connectivity index (χ4n) is 3.98. The number of hydrogen-bond donors (Lipinski definition) is 5. The number of fused-ring (bicyclic) bond motifs is 2. The van der Waals surface area contributed by atoms with Crippen LogP contribution < -0.4 is 5.73 Å². The summed E-state index contributed by atoms with van der Waals surface area (Å²) < 4.78 is 30.1. The summed E-state index contributed by atoms with van der Waals surface area (Å²) in [5, 5.41) is 30.4. The topological polar surface area (TPSA) is 156 Å². The van der Waals surface area contributed by atoms with Crippen molar-refractivity contribution in [3.63, 3.8) is 0 Å². The predicted octanol–water partition coefficient (Wildman–Crippen LogP) is 9.00. The number of phenols is 1. The van der Waals surface area contributed by atoms with Crippen LogP contribution in [0.4, 0.5) is 28.4 Å². The maximum absolute atomic E-state index is 10.9. The number of hydrogen-bond acceptors (Lipinski definition) is 9. The molecule has 5 aromatic rings. The molecule has 0 aromatic heterocycles. The van der Waals surface area contributed by atoms with E-state index in [2.05, 4.69) is 20.5 Å². The SMILES string of the molecule is Cc1ccc2c(N=Nc3ccccc3)ccc(N=Nc3c(S(O)(O)O)cc4ccc(N)cc4c3O)c2c1. The van der Waals surface area contributed by atoms with Crippen molar-refractivity contribution >= 4 is 60.9 Å². The van der Waals surface area contributed by atoms with Gasteiger partial charge in [-0.2, -0.15) is 5.11 Å². The molecule has 0 bridgehead atoms. The van der Waals surface area contributed by atoms with Crippen LogP contribution in [0.15, 0.2) is 110 Å². The van der Waals surface area contributed by atoms with Gasteiger partial charge in [-0.3, -0.25) is 0 Å². The summed E-state index contributed by atoms with van der Waals surface area (Å²) in [7, 11) is -4.22. The molecule has 0 saturated carbocycles. The number of aromatic hydroxyl groups is 1. The van der Waals surface area contributed by atoms with Crippen molar-refractivity contribution in [1.29, 1.82) is 0 Å². The summed E-state index contributed by atoms with van der Waals surface area (Å²) in [5.74, 6) is -0.383. The Labute approximate surface area is 213 Å². The second-order valence-corrected chi connectivity index (χ2v) is 9.94. The monoisotopic (exact) mass is 513 g/mol. The van der Waals surface area contributed by atoms with Gasteiger partial charge in [-0.1, -0.05) is 42.0 Å². The van der Waals surface area contributed by atoms with E-state index < -0.39 is 10.9 Å². The molecule has 10 heteroatoms. The highest BCUT2D eigenvalue weighted by molar-refractivity contribution is 8.19. The summed E-state index contributed by atoms with van der Waals surface area (Å²) in [6.45, 7) is 1.94. The zero-order valence-corrected chi connectivity index (χ0v) is 20.5. The molecule has 0 aliphatic carbocycles. The lowest BCUT2D eigenvalue weighted by Gasteiger charge is -2.22. The molecule has 0 fully saturated rings. The number of rotatable bonds is 5. The normalized spacial score (nSPS) is 12.8. The van der Waals surface area contributed by atoms with Crippen LogP contribution in [0.1, 0.15) is 5.56 Å². The Hall–Kier alpha value is -4.35. The third-order valence-electron chi connectivity index (χ3n) is 5.78. The standard InChI is InChI=1S/C27H23N5O4S/c1-16-7-10-20-22(13-16)24(12-11-23(20)30-29-19-5-3-2-4-6-19)31-32-26-25(37(34,35)36)14-17-8-9-18(28)15-21(17)27(26)33/h2-15,33-36H,28H2,1H3. The van der Waals surface area contributed by atoms with Crippen LogP contribution in [0.2, 0.25) is 0 Å². The van der Waals surface area contributed by atoms with Crippen molar-refractivity contribution in [2.45, 2.75) is 11.8 Å². The molecule has 0 atom stereocenters. The van der Waals surface area contributed by atoms with Crippen LogP contribution >= 0.6 is 10.9 Å². The Kier molecular flexibility index (Phi) is 6.32. The molecule has 0 radical (unpaired) electrons. The quantitative estimate of drug-likeness (QED) is 0.117. The van der Waals surface area contributed by atoms with Gasteiger partial charge in [0.05, 0.1) is 22.0 Å². The van der Waals surface area contributed by atoms with Gasteiger partial charge in [0.15, 0.2) is 5.75 Å². The first-order chi connectivity index (χ1) is 17.7. The molecule has 0 unspecified atom stereocenters. The van der Waals surface area contributed by atoms with Crippen LogP contribution in [0.5, 0.6) is 5.75 Å². The third-order valence-corrected chi connectivity index (χ3v) is 6.69. The predicted molar refractivity (Wildman–Crippen MR) is 147 cm³/mol. The molecule has 6 N–H and O–H groups in total. The van der Waals surface area contributed by atoms with Gasteiger partial charge in [-0.05, 0) is 60.8 Å². The van der Waals surface area contributed by atoms with Crippen molar-refractivity contribution in [2.75, 3.05) is 5.73 Å². The largest absolute Gasteiger partial charge is 0.505 e. The minimum absolute atomic E-state index is 0.269. The minimum atomic E-state index is -4.22. The Morgan fingerprint density at radius 2 is 1.38 bits per heavy atom. The van der Waals surface area contributed by atoms with E-state index in [0.29, 0.717) is 27.8 Å². The van der Waals surface area contributed by atoms with E-state index in [4.69, 9.17) is 5.73 Å². The molecule has 0 amide bonds. The molecule has 0 spiro atoms. The van der Waals surface area contributed by atoms with E-state index in [1.807, 2.05) is 55.5 Å². The Morgan fingerprint density at radius 3 is 2.11 bits per heavy atom. The second-order valence-electron chi connectivity index (χ2n) is 8.46. The van der Waals surface area contributed by atoms with Gasteiger partial charge >= 0.3 is 0 Å².